The van der Waals surface area contributed by atoms with Crippen molar-refractivity contribution in [3.63, 3.8) is 0 Å². The average Bonchev–Trinajstić information content (AvgIpc) is 2.44. The Kier molecular flexibility index (Phi) is 4.42. The number of carbonyl (C=O) groups excluding carboxylic acids is 1. The van der Waals surface area contributed by atoms with Crippen molar-refractivity contribution in [1.29, 1.82) is 0 Å². The number of rotatable bonds is 4. The van der Waals surface area contributed by atoms with Crippen LogP contribution in [0.4, 0.5) is 11.4 Å². The molecular formula is C14H19N3O4. The molecule has 1 heterocycles. The number of hydrogen-bond donors (Lipinski definition) is 0. The minimum atomic E-state index is -0.484. The summed E-state index contributed by atoms with van der Waals surface area (Å²) < 4.78 is 5.08. The van der Waals surface area contributed by atoms with E-state index in [1.165, 1.54) is 13.2 Å². The molecule has 1 amide bonds. The Balaban J connectivity index is 2.44. The van der Waals surface area contributed by atoms with Crippen LogP contribution in [-0.4, -0.2) is 50.0 Å². The van der Waals surface area contributed by atoms with Crippen molar-refractivity contribution in [2.45, 2.75) is 12.8 Å². The predicted molar refractivity (Wildman–Crippen MR) is 78.9 cm³/mol. The van der Waals surface area contributed by atoms with Gasteiger partial charge in [0.05, 0.1) is 24.3 Å². The van der Waals surface area contributed by atoms with Crippen LogP contribution in [0.2, 0.25) is 0 Å². The van der Waals surface area contributed by atoms with Gasteiger partial charge in [-0.05, 0) is 38.6 Å². The normalized spacial score (nSPS) is 14.0. The lowest BCUT2D eigenvalue weighted by atomic mass is 10.0. The van der Waals surface area contributed by atoms with Gasteiger partial charge < -0.3 is 14.5 Å². The number of methoxy groups -OCH3 is 1. The van der Waals surface area contributed by atoms with E-state index in [-0.39, 0.29) is 23.9 Å². The van der Waals surface area contributed by atoms with Crippen LogP contribution in [-0.2, 0) is 11.2 Å². The molecule has 1 aliphatic rings. The van der Waals surface area contributed by atoms with Gasteiger partial charge in [0, 0.05) is 12.6 Å². The molecule has 2 rings (SSSR count). The number of ether oxygens (including phenoxy) is 1. The number of benzene rings is 1. The van der Waals surface area contributed by atoms with E-state index in [0.29, 0.717) is 12.2 Å². The first-order valence-electron chi connectivity index (χ1n) is 6.74. The zero-order valence-electron chi connectivity index (χ0n) is 12.5. The molecule has 0 N–H and O–H groups in total. The highest BCUT2D eigenvalue weighted by molar-refractivity contribution is 5.96. The van der Waals surface area contributed by atoms with Gasteiger partial charge in [-0.15, -0.1) is 0 Å². The second-order valence-electron chi connectivity index (χ2n) is 5.30. The first-order chi connectivity index (χ1) is 9.93. The molecule has 0 unspecified atom stereocenters. The fraction of sp³-hybridized carbons (Fsp3) is 0.500. The van der Waals surface area contributed by atoms with Crippen LogP contribution >= 0.6 is 0 Å². The number of hydrogen-bond acceptors (Lipinski definition) is 5. The van der Waals surface area contributed by atoms with Gasteiger partial charge in [-0.3, -0.25) is 14.9 Å². The van der Waals surface area contributed by atoms with E-state index in [1.807, 2.05) is 14.1 Å². The molecule has 0 saturated carbocycles. The van der Waals surface area contributed by atoms with E-state index >= 15 is 0 Å². The lowest BCUT2D eigenvalue weighted by Crippen LogP contribution is -2.40. The van der Waals surface area contributed by atoms with Crippen LogP contribution in [0.1, 0.15) is 12.0 Å². The molecule has 0 radical (unpaired) electrons. The van der Waals surface area contributed by atoms with Crippen LogP contribution in [0.25, 0.3) is 0 Å². The third-order valence-corrected chi connectivity index (χ3v) is 3.45. The molecule has 0 spiro atoms. The Morgan fingerprint density at radius 3 is 2.76 bits per heavy atom. The number of fused-ring (bicyclic) bond motifs is 1. The quantitative estimate of drug-likeness (QED) is 0.620. The third kappa shape index (κ3) is 3.13. The van der Waals surface area contributed by atoms with Crippen molar-refractivity contribution in [3.05, 3.63) is 27.8 Å². The van der Waals surface area contributed by atoms with E-state index in [1.54, 1.807) is 15.9 Å². The first kappa shape index (κ1) is 15.2. The maximum Gasteiger partial charge on any atom is 0.313 e. The number of likely N-dealkylation sites (N-methyl/N-ethyl adjacent to an activating group) is 1. The molecule has 21 heavy (non-hydrogen) atoms. The van der Waals surface area contributed by atoms with Gasteiger partial charge in [0.2, 0.25) is 5.91 Å². The smallest absolute Gasteiger partial charge is 0.313 e. The highest BCUT2D eigenvalue weighted by Gasteiger charge is 2.27. The first-order valence-corrected chi connectivity index (χ1v) is 6.74. The highest BCUT2D eigenvalue weighted by atomic mass is 16.6. The second kappa shape index (κ2) is 6.09. The van der Waals surface area contributed by atoms with Crippen molar-refractivity contribution >= 4 is 17.3 Å². The number of aryl methyl sites for hydroxylation is 1. The summed E-state index contributed by atoms with van der Waals surface area (Å²) in [4.78, 5) is 26.4. The summed E-state index contributed by atoms with van der Waals surface area (Å²) in [6.07, 6.45) is 1.63. The maximum atomic E-state index is 12.3. The fourth-order valence-electron chi connectivity index (χ4n) is 2.52. The summed E-state index contributed by atoms with van der Waals surface area (Å²) in [7, 11) is 5.05. The van der Waals surface area contributed by atoms with Crippen molar-refractivity contribution in [2.24, 2.45) is 0 Å². The number of carbonyl (C=O) groups is 1. The molecule has 1 aliphatic heterocycles. The van der Waals surface area contributed by atoms with Crippen LogP contribution in [0.5, 0.6) is 5.75 Å². The van der Waals surface area contributed by atoms with E-state index in [4.69, 9.17) is 4.74 Å². The second-order valence-corrected chi connectivity index (χ2v) is 5.30. The zero-order valence-corrected chi connectivity index (χ0v) is 12.5. The van der Waals surface area contributed by atoms with E-state index < -0.39 is 4.92 Å². The summed E-state index contributed by atoms with van der Waals surface area (Å²) in [5, 5.41) is 11.1. The molecule has 0 aromatic heterocycles. The Morgan fingerprint density at radius 2 is 2.19 bits per heavy atom. The molecule has 114 valence electrons. The lowest BCUT2D eigenvalue weighted by molar-refractivity contribution is -0.385. The van der Waals surface area contributed by atoms with Gasteiger partial charge in [-0.1, -0.05) is 0 Å². The number of nitro groups is 1. The van der Waals surface area contributed by atoms with Gasteiger partial charge >= 0.3 is 5.69 Å². The minimum absolute atomic E-state index is 0.0552. The van der Waals surface area contributed by atoms with Gasteiger partial charge in [0.1, 0.15) is 0 Å². The zero-order chi connectivity index (χ0) is 15.6. The largest absolute Gasteiger partial charge is 0.490 e. The monoisotopic (exact) mass is 293 g/mol. The number of amides is 1. The fourth-order valence-corrected chi connectivity index (χ4v) is 2.52. The Hall–Kier alpha value is -2.15. The molecule has 0 bridgehead atoms. The molecule has 0 saturated heterocycles. The van der Waals surface area contributed by atoms with Gasteiger partial charge in [-0.2, -0.15) is 0 Å². The molecule has 7 nitrogen and oxygen atoms in total. The van der Waals surface area contributed by atoms with Crippen molar-refractivity contribution < 1.29 is 14.5 Å². The maximum absolute atomic E-state index is 12.3. The third-order valence-electron chi connectivity index (χ3n) is 3.45. The summed E-state index contributed by atoms with van der Waals surface area (Å²) in [5.74, 6) is 0.182. The number of anilines is 1. The average molecular weight is 293 g/mol. The number of nitro benzene ring substituents is 1. The molecule has 1 aromatic carbocycles. The molecule has 0 atom stereocenters. The minimum Gasteiger partial charge on any atom is -0.490 e. The molecular weight excluding hydrogens is 274 g/mol. The summed E-state index contributed by atoms with van der Waals surface area (Å²) in [5.41, 5.74) is 1.43. The van der Waals surface area contributed by atoms with Crippen LogP contribution in [0.3, 0.4) is 0 Å². The topological polar surface area (TPSA) is 75.9 Å². The van der Waals surface area contributed by atoms with Crippen LogP contribution < -0.4 is 9.64 Å². The molecule has 0 aliphatic carbocycles. The van der Waals surface area contributed by atoms with E-state index in [9.17, 15) is 14.9 Å². The van der Waals surface area contributed by atoms with Crippen molar-refractivity contribution in [2.75, 3.05) is 39.2 Å². The SMILES string of the molecule is COc1cc2c(cc1[N+](=O)[O-])N(C(=O)CN(C)C)CCC2. The van der Waals surface area contributed by atoms with Crippen LogP contribution in [0, 0.1) is 10.1 Å². The van der Waals surface area contributed by atoms with Crippen molar-refractivity contribution in [1.82, 2.24) is 4.90 Å². The Morgan fingerprint density at radius 1 is 1.48 bits per heavy atom. The molecule has 7 heteroatoms. The Bertz CT molecular complexity index is 572. The van der Waals surface area contributed by atoms with Crippen LogP contribution in [0.15, 0.2) is 12.1 Å². The van der Waals surface area contributed by atoms with Gasteiger partial charge in [0.25, 0.3) is 0 Å². The van der Waals surface area contributed by atoms with E-state index in [2.05, 4.69) is 0 Å². The Labute approximate surface area is 123 Å². The van der Waals surface area contributed by atoms with Gasteiger partial charge in [0.15, 0.2) is 5.75 Å². The van der Waals surface area contributed by atoms with E-state index in [0.717, 1.165) is 18.4 Å². The molecule has 0 fully saturated rings. The summed E-state index contributed by atoms with van der Waals surface area (Å²) in [6, 6.07) is 3.11. The van der Waals surface area contributed by atoms with Crippen molar-refractivity contribution in [3.8, 4) is 5.75 Å². The van der Waals surface area contributed by atoms with Gasteiger partial charge in [-0.25, -0.2) is 0 Å². The summed E-state index contributed by atoms with van der Waals surface area (Å²) >= 11 is 0. The molecule has 1 aromatic rings. The number of nitrogens with zero attached hydrogens (tertiary/aromatic N) is 3. The summed E-state index contributed by atoms with van der Waals surface area (Å²) in [6.45, 7) is 0.864. The highest BCUT2D eigenvalue weighted by Crippen LogP contribution is 2.37. The lowest BCUT2D eigenvalue weighted by Gasteiger charge is -2.30. The predicted octanol–water partition coefficient (Wildman–Crippen LogP) is 1.44. The standard InChI is InChI=1S/C14H19N3O4/c1-15(2)9-14(18)16-6-4-5-10-7-13(21-3)12(17(19)20)8-11(10)16/h7-8H,4-6,9H2,1-3H3.